The predicted octanol–water partition coefficient (Wildman–Crippen LogP) is 21.7. The summed E-state index contributed by atoms with van der Waals surface area (Å²) >= 11 is 0. The summed E-state index contributed by atoms with van der Waals surface area (Å²) in [6, 6.07) is 76.6. The number of imidazole rings is 1. The molecule has 2 aromatic heterocycles. The summed E-state index contributed by atoms with van der Waals surface area (Å²) in [6.07, 6.45) is 1.68. The van der Waals surface area contributed by atoms with Gasteiger partial charge in [0.25, 0.3) is 0 Å². The highest BCUT2D eigenvalue weighted by molar-refractivity contribution is 6.09. The van der Waals surface area contributed by atoms with Gasteiger partial charge < -0.3 is 5.11 Å². The summed E-state index contributed by atoms with van der Waals surface area (Å²) < 4.78 is 2.36. The Hall–Kier alpha value is -9.38. The van der Waals surface area contributed by atoms with Gasteiger partial charge in [0.1, 0.15) is 11.4 Å². The third-order valence-corrected chi connectivity index (χ3v) is 17.7. The number of fused-ring (bicyclic) bond motifs is 4. The quantitative estimate of drug-likeness (QED) is 0.157. The maximum absolute atomic E-state index is 11.6. The summed E-state index contributed by atoms with van der Waals surface area (Å²) in [4.78, 5) is 11.6. The van der Waals surface area contributed by atoms with Crippen molar-refractivity contribution in [3.8, 4) is 112 Å². The van der Waals surface area contributed by atoms with Gasteiger partial charge in [-0.3, -0.25) is 4.57 Å². The summed E-state index contributed by atoms with van der Waals surface area (Å²) in [7, 11) is 0. The molecule has 12 aromatic rings. The molecular formula is C82H75N3O. The molecule has 2 heterocycles. The summed E-state index contributed by atoms with van der Waals surface area (Å²) in [6.45, 7) is 27.0. The number of aryl methyl sites for hydroxylation is 8. The van der Waals surface area contributed by atoms with Crippen LogP contribution in [0.25, 0.3) is 117 Å². The van der Waals surface area contributed by atoms with Crippen LogP contribution in [-0.2, 0) is 23.7 Å². The van der Waals surface area contributed by atoms with E-state index < -0.39 is 0 Å². The van der Waals surface area contributed by atoms with Gasteiger partial charge in [0, 0.05) is 11.1 Å². The topological polar surface area (TPSA) is 50.9 Å². The number of para-hydroxylation sites is 1. The Labute approximate surface area is 508 Å². The van der Waals surface area contributed by atoms with Gasteiger partial charge in [-0.2, -0.15) is 0 Å². The molecule has 0 saturated heterocycles. The number of aromatic hydroxyl groups is 1. The van der Waals surface area contributed by atoms with Crippen LogP contribution in [0.4, 0.5) is 0 Å². The second-order valence-corrected chi connectivity index (χ2v) is 26.3. The number of pyridine rings is 1. The van der Waals surface area contributed by atoms with E-state index in [9.17, 15) is 5.11 Å². The minimum absolute atomic E-state index is 0.0781. The Kier molecular flexibility index (Phi) is 14.0. The maximum Gasteiger partial charge on any atom is 0.164 e. The largest absolute Gasteiger partial charge is 0.507 e. The second kappa shape index (κ2) is 21.6. The zero-order valence-electron chi connectivity index (χ0n) is 51.8. The third-order valence-electron chi connectivity index (χ3n) is 17.7. The fraction of sp³-hybridized carbons (Fsp3) is 0.195. The van der Waals surface area contributed by atoms with E-state index in [0.29, 0.717) is 0 Å². The van der Waals surface area contributed by atoms with Crippen LogP contribution in [0.15, 0.2) is 206 Å². The zero-order valence-corrected chi connectivity index (χ0v) is 51.8. The molecule has 10 aromatic carbocycles. The Morgan fingerprint density at radius 3 is 1.41 bits per heavy atom. The minimum Gasteiger partial charge on any atom is -0.507 e. The standard InChI is InChI=1S/C82H75N3O/c1-49-40-50(2)43-61(42-49)67-31-19-32-68(62-44-51(3)41-52(4)45-62)73(67)59-25-14-26-60(46-59)74-69(76-65(57-23-15-27-63(47-57)81(7,8)9)29-18-30-66(76)58-24-16-28-64(48-58)82(10,11)12)37-39-71-78(74)84-80(85(71)79-53(5)20-13-21-54(79)6)70-38-36-56-35-34-55-22-17-33-72(86)75(55)77(56)83-70/h13-33,36-48,86H,34-35H2,1-12H3. The van der Waals surface area contributed by atoms with Crippen LogP contribution in [0.1, 0.15) is 97.2 Å². The Morgan fingerprint density at radius 2 is 0.849 bits per heavy atom. The van der Waals surface area contributed by atoms with Crippen LogP contribution < -0.4 is 0 Å². The van der Waals surface area contributed by atoms with Crippen LogP contribution in [0.2, 0.25) is 0 Å². The van der Waals surface area contributed by atoms with E-state index in [0.717, 1.165) is 125 Å². The second-order valence-electron chi connectivity index (χ2n) is 26.3. The van der Waals surface area contributed by atoms with Crippen molar-refractivity contribution >= 4 is 11.0 Å². The normalized spacial score (nSPS) is 12.4. The van der Waals surface area contributed by atoms with Crippen molar-refractivity contribution in [2.75, 3.05) is 0 Å². The average molecular weight is 1120 g/mol. The molecule has 86 heavy (non-hydrogen) atoms. The van der Waals surface area contributed by atoms with Crippen molar-refractivity contribution in [2.24, 2.45) is 0 Å². The summed E-state index contributed by atoms with van der Waals surface area (Å²) in [5, 5.41) is 11.6. The van der Waals surface area contributed by atoms with Crippen LogP contribution >= 0.6 is 0 Å². The number of aromatic nitrogens is 3. The van der Waals surface area contributed by atoms with E-state index in [1.54, 1.807) is 6.07 Å². The molecule has 0 spiro atoms. The van der Waals surface area contributed by atoms with Crippen LogP contribution in [-0.4, -0.2) is 19.6 Å². The summed E-state index contributed by atoms with van der Waals surface area (Å²) in [5.41, 5.74) is 33.0. The molecule has 4 nitrogen and oxygen atoms in total. The van der Waals surface area contributed by atoms with E-state index in [4.69, 9.17) is 9.97 Å². The molecule has 424 valence electrons. The molecule has 0 saturated carbocycles. The van der Waals surface area contributed by atoms with Gasteiger partial charge >= 0.3 is 0 Å². The van der Waals surface area contributed by atoms with E-state index in [1.807, 2.05) is 6.07 Å². The lowest BCUT2D eigenvalue weighted by Gasteiger charge is -2.24. The fourth-order valence-corrected chi connectivity index (χ4v) is 13.6. The Balaban J connectivity index is 1.18. The van der Waals surface area contributed by atoms with Crippen molar-refractivity contribution in [2.45, 2.75) is 107 Å². The van der Waals surface area contributed by atoms with E-state index in [1.165, 1.54) is 61.2 Å². The lowest BCUT2D eigenvalue weighted by Crippen LogP contribution is -2.11. The van der Waals surface area contributed by atoms with Crippen LogP contribution in [0.5, 0.6) is 5.75 Å². The fourth-order valence-electron chi connectivity index (χ4n) is 13.6. The van der Waals surface area contributed by atoms with Crippen LogP contribution in [0.3, 0.4) is 0 Å². The van der Waals surface area contributed by atoms with E-state index in [-0.39, 0.29) is 16.6 Å². The van der Waals surface area contributed by atoms with Crippen LogP contribution in [0, 0.1) is 41.5 Å². The number of hydrogen-bond donors (Lipinski definition) is 1. The SMILES string of the molecule is Cc1cc(C)cc(-c2cccc(-c3cc(C)cc(C)c3)c2-c2cccc(-c3c(-c4c(-c5cccc(C(C)(C)C)c5)cccc4-c4cccc(C(C)(C)C)c4)ccc4c3nc(-c3ccc5c(n3)-c3c(O)cccc3CC5)n4-c3c(C)cccc3C)c2)c1. The highest BCUT2D eigenvalue weighted by Crippen LogP contribution is 2.51. The highest BCUT2D eigenvalue weighted by Gasteiger charge is 2.29. The zero-order chi connectivity index (χ0) is 59.9. The first kappa shape index (κ1) is 55.8. The van der Waals surface area contributed by atoms with E-state index >= 15 is 0 Å². The van der Waals surface area contributed by atoms with Gasteiger partial charge in [-0.25, -0.2) is 9.97 Å². The first-order valence-electron chi connectivity index (χ1n) is 30.5. The molecule has 0 aliphatic heterocycles. The minimum atomic E-state index is -0.0781. The molecule has 13 rings (SSSR count). The van der Waals surface area contributed by atoms with Gasteiger partial charge in [0.05, 0.1) is 22.4 Å². The molecule has 0 atom stereocenters. The molecule has 0 unspecified atom stereocenters. The predicted molar refractivity (Wildman–Crippen MR) is 363 cm³/mol. The number of nitrogens with zero attached hydrogens (tertiary/aromatic N) is 3. The summed E-state index contributed by atoms with van der Waals surface area (Å²) in [5.74, 6) is 0.984. The average Bonchev–Trinajstić information content (AvgIpc) is 2.38. The maximum atomic E-state index is 11.6. The molecule has 0 amide bonds. The Morgan fingerprint density at radius 1 is 0.372 bits per heavy atom. The molecular weight excluding hydrogens is 1040 g/mol. The lowest BCUT2D eigenvalue weighted by molar-refractivity contribution is 0.476. The van der Waals surface area contributed by atoms with Crippen molar-refractivity contribution < 1.29 is 5.11 Å². The number of rotatable bonds is 9. The highest BCUT2D eigenvalue weighted by atomic mass is 16.3. The first-order valence-corrected chi connectivity index (χ1v) is 30.5. The molecule has 0 fully saturated rings. The molecule has 0 bridgehead atoms. The van der Waals surface area contributed by atoms with Crippen molar-refractivity contribution in [1.29, 1.82) is 0 Å². The number of hydrogen-bond acceptors (Lipinski definition) is 3. The van der Waals surface area contributed by atoms with Crippen molar-refractivity contribution in [1.82, 2.24) is 14.5 Å². The van der Waals surface area contributed by atoms with Gasteiger partial charge in [0.15, 0.2) is 5.82 Å². The van der Waals surface area contributed by atoms with E-state index in [2.05, 4.69) is 282 Å². The van der Waals surface area contributed by atoms with Gasteiger partial charge in [-0.05, 0) is 195 Å². The number of phenols is 1. The molecule has 4 heteroatoms. The molecule has 1 aliphatic rings. The monoisotopic (exact) mass is 1120 g/mol. The van der Waals surface area contributed by atoms with Gasteiger partial charge in [0.2, 0.25) is 0 Å². The number of phenolic OH excluding ortho intramolecular Hbond substituents is 1. The molecule has 1 N–H and O–H groups in total. The van der Waals surface area contributed by atoms with Gasteiger partial charge in [-0.1, -0.05) is 246 Å². The van der Waals surface area contributed by atoms with Gasteiger partial charge in [-0.15, -0.1) is 0 Å². The Bertz CT molecular complexity index is 4480. The smallest absolute Gasteiger partial charge is 0.164 e. The van der Waals surface area contributed by atoms with Crippen molar-refractivity contribution in [3.05, 3.63) is 262 Å². The molecule has 1 aliphatic carbocycles. The third kappa shape index (κ3) is 10.1. The lowest BCUT2D eigenvalue weighted by atomic mass is 9.80. The molecule has 0 radical (unpaired) electrons. The van der Waals surface area contributed by atoms with Crippen molar-refractivity contribution in [3.63, 3.8) is 0 Å². The first-order chi connectivity index (χ1) is 41.3. The number of benzene rings is 10.